The van der Waals surface area contributed by atoms with Crippen LogP contribution in [0.4, 0.5) is 0 Å². The summed E-state index contributed by atoms with van der Waals surface area (Å²) in [5.41, 5.74) is 0.863. The lowest BCUT2D eigenvalue weighted by molar-refractivity contribution is 0.0842. The second kappa shape index (κ2) is 6.43. The van der Waals surface area contributed by atoms with Crippen LogP contribution in [0.5, 0.6) is 34.5 Å². The van der Waals surface area contributed by atoms with Crippen molar-refractivity contribution >= 4 is 5.78 Å². The monoisotopic (exact) mass is 346 g/mol. The van der Waals surface area contributed by atoms with E-state index in [1.165, 1.54) is 33.5 Å². The van der Waals surface area contributed by atoms with E-state index in [4.69, 9.17) is 18.9 Å². The average Bonchev–Trinajstić information content (AvgIpc) is 2.61. The molecule has 0 saturated carbocycles. The van der Waals surface area contributed by atoms with Gasteiger partial charge in [-0.15, -0.1) is 0 Å². The minimum atomic E-state index is -0.602. The van der Waals surface area contributed by atoms with E-state index in [0.29, 0.717) is 28.4 Å². The standard InChI is InChI=1S/C18H18O7/c1-22-15-8-14-16(18(24-3)17(15)23-2)12(21)7-13(25-14)9-4-5-10(19)11(20)6-9/h4-6,8,13,19-20H,7H2,1-3H3/t13-/m0/s1. The van der Waals surface area contributed by atoms with Crippen LogP contribution in [0.15, 0.2) is 24.3 Å². The highest BCUT2D eigenvalue weighted by atomic mass is 16.5. The molecule has 0 aliphatic carbocycles. The van der Waals surface area contributed by atoms with Gasteiger partial charge in [0, 0.05) is 6.07 Å². The lowest BCUT2D eigenvalue weighted by atomic mass is 9.95. The van der Waals surface area contributed by atoms with E-state index in [0.717, 1.165) is 0 Å². The van der Waals surface area contributed by atoms with Crippen LogP contribution in [0.25, 0.3) is 0 Å². The fourth-order valence-corrected chi connectivity index (χ4v) is 2.88. The molecule has 1 heterocycles. The number of methoxy groups -OCH3 is 3. The van der Waals surface area contributed by atoms with Crippen LogP contribution < -0.4 is 18.9 Å². The first-order valence-corrected chi connectivity index (χ1v) is 7.54. The smallest absolute Gasteiger partial charge is 0.204 e. The lowest BCUT2D eigenvalue weighted by Crippen LogP contribution is -2.21. The molecule has 7 nitrogen and oxygen atoms in total. The third-order valence-electron chi connectivity index (χ3n) is 4.08. The first kappa shape index (κ1) is 16.8. The summed E-state index contributed by atoms with van der Waals surface area (Å²) in [6, 6.07) is 5.89. The van der Waals surface area contributed by atoms with Crippen molar-refractivity contribution in [3.05, 3.63) is 35.4 Å². The van der Waals surface area contributed by atoms with Crippen molar-refractivity contribution in [1.82, 2.24) is 0 Å². The van der Waals surface area contributed by atoms with Crippen LogP contribution in [0, 0.1) is 0 Å². The fourth-order valence-electron chi connectivity index (χ4n) is 2.88. The van der Waals surface area contributed by atoms with Crippen molar-refractivity contribution in [2.24, 2.45) is 0 Å². The summed E-state index contributed by atoms with van der Waals surface area (Å²) in [6.07, 6.45) is -0.544. The topological polar surface area (TPSA) is 94.5 Å². The Morgan fingerprint density at radius 2 is 1.72 bits per heavy atom. The fraction of sp³-hybridized carbons (Fsp3) is 0.278. The van der Waals surface area contributed by atoms with Crippen LogP contribution in [0.2, 0.25) is 0 Å². The number of ether oxygens (including phenoxy) is 4. The van der Waals surface area contributed by atoms with Crippen molar-refractivity contribution in [3.63, 3.8) is 0 Å². The Labute approximate surface area is 144 Å². The van der Waals surface area contributed by atoms with Gasteiger partial charge in [0.15, 0.2) is 28.8 Å². The van der Waals surface area contributed by atoms with Crippen LogP contribution in [0.1, 0.15) is 28.4 Å². The van der Waals surface area contributed by atoms with Gasteiger partial charge >= 0.3 is 0 Å². The van der Waals surface area contributed by atoms with E-state index in [2.05, 4.69) is 0 Å². The number of carbonyl (C=O) groups is 1. The van der Waals surface area contributed by atoms with Gasteiger partial charge < -0.3 is 29.2 Å². The number of benzene rings is 2. The van der Waals surface area contributed by atoms with Gasteiger partial charge in [-0.25, -0.2) is 0 Å². The lowest BCUT2D eigenvalue weighted by Gasteiger charge is -2.28. The van der Waals surface area contributed by atoms with E-state index in [1.807, 2.05) is 0 Å². The highest BCUT2D eigenvalue weighted by Crippen LogP contribution is 2.49. The molecule has 2 N–H and O–H groups in total. The zero-order valence-electron chi connectivity index (χ0n) is 14.0. The quantitative estimate of drug-likeness (QED) is 0.822. The highest BCUT2D eigenvalue weighted by molar-refractivity contribution is 6.04. The third kappa shape index (κ3) is 2.77. The molecule has 0 unspecified atom stereocenters. The molecular weight excluding hydrogens is 328 g/mol. The number of hydrogen-bond acceptors (Lipinski definition) is 7. The molecule has 7 heteroatoms. The number of phenols is 2. The van der Waals surface area contributed by atoms with Gasteiger partial charge in [-0.1, -0.05) is 6.07 Å². The number of rotatable bonds is 4. The normalized spacial score (nSPS) is 16.0. The van der Waals surface area contributed by atoms with Gasteiger partial charge in [0.05, 0.1) is 27.8 Å². The van der Waals surface area contributed by atoms with Crippen molar-refractivity contribution in [2.75, 3.05) is 21.3 Å². The Hall–Kier alpha value is -3.09. The molecular formula is C18H18O7. The Morgan fingerprint density at radius 3 is 2.32 bits per heavy atom. The van der Waals surface area contributed by atoms with Gasteiger partial charge in [-0.05, 0) is 17.7 Å². The molecule has 2 aromatic rings. The largest absolute Gasteiger partial charge is 0.504 e. The SMILES string of the molecule is COc1cc2c(c(OC)c1OC)C(=O)C[C@@H](c1ccc(O)c(O)c1)O2. The molecule has 0 spiro atoms. The molecule has 1 atom stereocenters. The highest BCUT2D eigenvalue weighted by Gasteiger charge is 2.34. The van der Waals surface area contributed by atoms with Gasteiger partial charge in [-0.3, -0.25) is 4.79 Å². The molecule has 0 bridgehead atoms. The number of carbonyl (C=O) groups excluding carboxylic acids is 1. The van der Waals surface area contributed by atoms with E-state index >= 15 is 0 Å². The van der Waals surface area contributed by atoms with Crippen molar-refractivity contribution in [3.8, 4) is 34.5 Å². The van der Waals surface area contributed by atoms with Crippen molar-refractivity contribution < 1.29 is 34.0 Å². The first-order chi connectivity index (χ1) is 12.0. The number of ketones is 1. The molecule has 0 saturated heterocycles. The van der Waals surface area contributed by atoms with Crippen LogP contribution in [0.3, 0.4) is 0 Å². The van der Waals surface area contributed by atoms with Gasteiger partial charge in [-0.2, -0.15) is 0 Å². The molecule has 1 aliphatic rings. The summed E-state index contributed by atoms with van der Waals surface area (Å²) < 4.78 is 21.9. The van der Waals surface area contributed by atoms with E-state index < -0.39 is 6.10 Å². The molecule has 0 fully saturated rings. The molecule has 0 radical (unpaired) electrons. The Bertz CT molecular complexity index is 829. The minimum Gasteiger partial charge on any atom is -0.504 e. The summed E-state index contributed by atoms with van der Waals surface area (Å²) in [5.74, 6) is 0.568. The number of hydrogen-bond donors (Lipinski definition) is 2. The second-order valence-electron chi connectivity index (χ2n) is 5.50. The van der Waals surface area contributed by atoms with Crippen molar-refractivity contribution in [1.29, 1.82) is 0 Å². The van der Waals surface area contributed by atoms with Crippen LogP contribution in [-0.4, -0.2) is 37.3 Å². The maximum Gasteiger partial charge on any atom is 0.204 e. The zero-order valence-corrected chi connectivity index (χ0v) is 14.0. The summed E-state index contributed by atoms with van der Waals surface area (Å²) in [5, 5.41) is 19.1. The molecule has 1 aliphatic heterocycles. The van der Waals surface area contributed by atoms with Crippen LogP contribution in [-0.2, 0) is 0 Å². The molecule has 0 amide bonds. The summed E-state index contributed by atoms with van der Waals surface area (Å²) in [7, 11) is 4.38. The van der Waals surface area contributed by atoms with E-state index in [1.54, 1.807) is 12.1 Å². The van der Waals surface area contributed by atoms with Crippen molar-refractivity contribution in [2.45, 2.75) is 12.5 Å². The number of fused-ring (bicyclic) bond motifs is 1. The molecule has 3 rings (SSSR count). The third-order valence-corrected chi connectivity index (χ3v) is 4.08. The Balaban J connectivity index is 2.08. The van der Waals surface area contributed by atoms with E-state index in [9.17, 15) is 15.0 Å². The summed E-state index contributed by atoms with van der Waals surface area (Å²) in [4.78, 5) is 12.7. The molecule has 132 valence electrons. The Kier molecular flexibility index (Phi) is 4.31. The van der Waals surface area contributed by atoms with Crippen LogP contribution >= 0.6 is 0 Å². The average molecular weight is 346 g/mol. The second-order valence-corrected chi connectivity index (χ2v) is 5.50. The maximum atomic E-state index is 12.7. The number of Topliss-reactive ketones (excluding diaryl/α,β-unsaturated/α-hetero) is 1. The molecule has 0 aromatic heterocycles. The van der Waals surface area contributed by atoms with Gasteiger partial charge in [0.25, 0.3) is 0 Å². The predicted molar refractivity (Wildman–Crippen MR) is 88.2 cm³/mol. The number of aromatic hydroxyl groups is 2. The molecule has 2 aromatic carbocycles. The predicted octanol–water partition coefficient (Wildman–Crippen LogP) is 2.83. The maximum absolute atomic E-state index is 12.7. The minimum absolute atomic E-state index is 0.0586. The van der Waals surface area contributed by atoms with Gasteiger partial charge in [0.2, 0.25) is 5.75 Å². The Morgan fingerprint density at radius 1 is 1.00 bits per heavy atom. The summed E-state index contributed by atoms with van der Waals surface area (Å²) in [6.45, 7) is 0. The number of phenolic OH excluding ortho intramolecular Hbond substituents is 2. The first-order valence-electron chi connectivity index (χ1n) is 7.54. The summed E-state index contributed by atoms with van der Waals surface area (Å²) >= 11 is 0. The van der Waals surface area contributed by atoms with E-state index in [-0.39, 0.29) is 29.5 Å². The molecule has 25 heavy (non-hydrogen) atoms. The van der Waals surface area contributed by atoms with Gasteiger partial charge in [0.1, 0.15) is 17.4 Å². The zero-order chi connectivity index (χ0) is 18.1.